The highest BCUT2D eigenvalue weighted by atomic mass is 79.9. The van der Waals surface area contributed by atoms with Crippen molar-refractivity contribution in [1.82, 2.24) is 0 Å². The number of alkyl halides is 2. The summed E-state index contributed by atoms with van der Waals surface area (Å²) < 4.78 is 9.62. The lowest BCUT2D eigenvalue weighted by atomic mass is 9.79. The summed E-state index contributed by atoms with van der Waals surface area (Å²) in [6.45, 7) is 0. The first kappa shape index (κ1) is 13.3. The molecule has 0 N–H and O–H groups in total. The van der Waals surface area contributed by atoms with Crippen LogP contribution >= 0.6 is 31.9 Å². The summed E-state index contributed by atoms with van der Waals surface area (Å²) in [5.41, 5.74) is 0. The minimum Gasteiger partial charge on any atom is -0.469 e. The number of carbonyl (C=O) groups is 2. The van der Waals surface area contributed by atoms with Gasteiger partial charge in [-0.15, -0.1) is 0 Å². The van der Waals surface area contributed by atoms with E-state index in [1.807, 2.05) is 0 Å². The molecule has 4 nitrogen and oxygen atoms in total. The Labute approximate surface area is 117 Å². The first-order valence-electron chi connectivity index (χ1n) is 5.46. The van der Waals surface area contributed by atoms with Gasteiger partial charge < -0.3 is 9.47 Å². The van der Waals surface area contributed by atoms with E-state index in [2.05, 4.69) is 31.9 Å². The zero-order valence-corrected chi connectivity index (χ0v) is 12.7. The molecule has 0 saturated heterocycles. The molecule has 96 valence electrons. The first-order valence-corrected chi connectivity index (χ1v) is 7.29. The van der Waals surface area contributed by atoms with Crippen LogP contribution in [0.2, 0.25) is 0 Å². The predicted octanol–water partition coefficient (Wildman–Crippen LogP) is 1.74. The maximum absolute atomic E-state index is 11.8. The van der Waals surface area contributed by atoms with E-state index in [1.54, 1.807) is 0 Å². The second-order valence-corrected chi connectivity index (χ2v) is 6.66. The van der Waals surface area contributed by atoms with Crippen molar-refractivity contribution >= 4 is 43.8 Å². The molecule has 6 heteroatoms. The Kier molecular flexibility index (Phi) is 3.83. The topological polar surface area (TPSA) is 52.6 Å². The zero-order valence-electron chi connectivity index (χ0n) is 9.56. The summed E-state index contributed by atoms with van der Waals surface area (Å²) in [4.78, 5) is 24.1. The number of methoxy groups -OCH3 is 2. The van der Waals surface area contributed by atoms with Gasteiger partial charge in [0.2, 0.25) is 0 Å². The van der Waals surface area contributed by atoms with Crippen LogP contribution in [0.5, 0.6) is 0 Å². The summed E-state index contributed by atoms with van der Waals surface area (Å²) in [7, 11) is 2.72. The van der Waals surface area contributed by atoms with Crippen molar-refractivity contribution in [1.29, 1.82) is 0 Å². The molecule has 0 radical (unpaired) electrons. The van der Waals surface area contributed by atoms with Crippen molar-refractivity contribution in [3.8, 4) is 0 Å². The van der Waals surface area contributed by atoms with E-state index in [1.165, 1.54) is 14.2 Å². The van der Waals surface area contributed by atoms with Gasteiger partial charge in [0, 0.05) is 9.65 Å². The highest BCUT2D eigenvalue weighted by Gasteiger charge is 2.62. The molecule has 2 rings (SSSR count). The molecule has 2 fully saturated rings. The molecule has 17 heavy (non-hydrogen) atoms. The highest BCUT2D eigenvalue weighted by molar-refractivity contribution is 9.12. The number of carbonyl (C=O) groups excluding carboxylic acids is 2. The van der Waals surface area contributed by atoms with Gasteiger partial charge in [0.1, 0.15) is 0 Å². The summed E-state index contributed by atoms with van der Waals surface area (Å²) in [5.74, 6) is -1.10. The molecule has 0 aromatic heterocycles. The number of hydrogen-bond donors (Lipinski definition) is 0. The van der Waals surface area contributed by atoms with Crippen molar-refractivity contribution in [2.45, 2.75) is 16.1 Å². The van der Waals surface area contributed by atoms with E-state index in [0.29, 0.717) is 0 Å². The quantitative estimate of drug-likeness (QED) is 0.549. The van der Waals surface area contributed by atoms with Crippen molar-refractivity contribution in [3.05, 3.63) is 0 Å². The highest BCUT2D eigenvalue weighted by Crippen LogP contribution is 2.57. The Balaban J connectivity index is 2.29. The van der Waals surface area contributed by atoms with Gasteiger partial charge in [0.15, 0.2) is 0 Å². The molecule has 0 aromatic rings. The van der Waals surface area contributed by atoms with Gasteiger partial charge in [-0.05, 0) is 18.3 Å². The fraction of sp³-hybridized carbons (Fsp3) is 0.818. The van der Waals surface area contributed by atoms with Crippen LogP contribution in [-0.4, -0.2) is 35.8 Å². The van der Waals surface area contributed by atoms with Crippen molar-refractivity contribution < 1.29 is 19.1 Å². The smallest absolute Gasteiger partial charge is 0.309 e. The number of ether oxygens (including phenoxy) is 2. The van der Waals surface area contributed by atoms with Crippen LogP contribution in [0, 0.1) is 23.7 Å². The molecule has 6 atom stereocenters. The van der Waals surface area contributed by atoms with Gasteiger partial charge in [0.05, 0.1) is 26.1 Å². The average Bonchev–Trinajstić information content (AvgIpc) is 2.85. The monoisotopic (exact) mass is 368 g/mol. The Bertz CT molecular complexity index is 314. The molecular weight excluding hydrogens is 356 g/mol. The Morgan fingerprint density at radius 1 is 0.941 bits per heavy atom. The zero-order chi connectivity index (χ0) is 12.7. The largest absolute Gasteiger partial charge is 0.469 e. The van der Waals surface area contributed by atoms with Crippen LogP contribution in [0.4, 0.5) is 0 Å². The average molecular weight is 370 g/mol. The molecule has 2 aliphatic rings. The van der Waals surface area contributed by atoms with Crippen LogP contribution in [0.25, 0.3) is 0 Å². The lowest BCUT2D eigenvalue weighted by Gasteiger charge is -2.33. The molecule has 2 saturated carbocycles. The fourth-order valence-corrected chi connectivity index (χ4v) is 5.06. The molecule has 0 heterocycles. The summed E-state index contributed by atoms with van der Waals surface area (Å²) >= 11 is 7.18. The Morgan fingerprint density at radius 3 is 1.59 bits per heavy atom. The van der Waals surface area contributed by atoms with E-state index < -0.39 is 0 Å². The van der Waals surface area contributed by atoms with E-state index >= 15 is 0 Å². The van der Waals surface area contributed by atoms with Crippen LogP contribution in [-0.2, 0) is 19.1 Å². The maximum atomic E-state index is 11.8. The molecule has 0 unspecified atom stereocenters. The van der Waals surface area contributed by atoms with E-state index in [-0.39, 0.29) is 45.3 Å². The van der Waals surface area contributed by atoms with Crippen LogP contribution in [0.3, 0.4) is 0 Å². The van der Waals surface area contributed by atoms with Gasteiger partial charge in [-0.3, -0.25) is 9.59 Å². The lowest BCUT2D eigenvalue weighted by molar-refractivity contribution is -0.159. The Morgan fingerprint density at radius 2 is 1.29 bits per heavy atom. The molecule has 0 aromatic carbocycles. The first-order chi connectivity index (χ1) is 8.02. The molecule has 0 spiro atoms. The third-order valence-electron chi connectivity index (χ3n) is 3.92. The number of hydrogen-bond acceptors (Lipinski definition) is 4. The van der Waals surface area contributed by atoms with Crippen LogP contribution in [0.15, 0.2) is 0 Å². The summed E-state index contributed by atoms with van der Waals surface area (Å²) in [5, 5.41) is 0. The normalized spacial score (nSPS) is 43.5. The van der Waals surface area contributed by atoms with Crippen molar-refractivity contribution in [3.63, 3.8) is 0 Å². The molecule has 2 aliphatic carbocycles. The minimum absolute atomic E-state index is 0.140. The van der Waals surface area contributed by atoms with Crippen LogP contribution in [0.1, 0.15) is 6.42 Å². The van der Waals surface area contributed by atoms with E-state index in [4.69, 9.17) is 9.47 Å². The van der Waals surface area contributed by atoms with E-state index in [9.17, 15) is 9.59 Å². The van der Waals surface area contributed by atoms with Gasteiger partial charge in [-0.25, -0.2) is 0 Å². The van der Waals surface area contributed by atoms with Crippen LogP contribution < -0.4 is 0 Å². The molecular formula is C11H14Br2O4. The summed E-state index contributed by atoms with van der Waals surface area (Å²) in [6, 6.07) is 0. The van der Waals surface area contributed by atoms with Gasteiger partial charge in [0.25, 0.3) is 0 Å². The predicted molar refractivity (Wildman–Crippen MR) is 68.0 cm³/mol. The molecule has 0 amide bonds. The third-order valence-corrected chi connectivity index (χ3v) is 7.13. The SMILES string of the molecule is COC(=O)[C@@H]1[C@H]2C[C@H]([C@H](Br)[C@@H]2Br)[C@@H]1C(=O)OC. The second kappa shape index (κ2) is 4.88. The number of rotatable bonds is 2. The third kappa shape index (κ3) is 1.93. The van der Waals surface area contributed by atoms with Gasteiger partial charge in [-0.2, -0.15) is 0 Å². The number of fused-ring (bicyclic) bond motifs is 2. The minimum atomic E-state index is -0.379. The Hall–Kier alpha value is -0.100. The standard InChI is InChI=1S/C11H14Br2O4/c1-16-10(14)6-4-3-5(9(13)8(4)12)7(6)11(15)17-2/h4-9H,3H2,1-2H3/t4-,5+,6-,7+,8-,9+. The van der Waals surface area contributed by atoms with Crippen molar-refractivity contribution in [2.24, 2.45) is 23.7 Å². The summed E-state index contributed by atoms with van der Waals surface area (Å²) in [6.07, 6.45) is 0.853. The molecule has 2 bridgehead atoms. The van der Waals surface area contributed by atoms with E-state index in [0.717, 1.165) is 6.42 Å². The lowest BCUT2D eigenvalue weighted by Crippen LogP contribution is -2.44. The second-order valence-electron chi connectivity index (χ2n) is 4.55. The fourth-order valence-electron chi connectivity index (χ4n) is 3.18. The number of esters is 2. The van der Waals surface area contributed by atoms with Gasteiger partial charge >= 0.3 is 11.9 Å². The number of halogens is 2. The maximum Gasteiger partial charge on any atom is 0.309 e. The van der Waals surface area contributed by atoms with Gasteiger partial charge in [-0.1, -0.05) is 31.9 Å². The molecule has 0 aliphatic heterocycles. The van der Waals surface area contributed by atoms with Crippen molar-refractivity contribution in [2.75, 3.05) is 14.2 Å².